The monoisotopic (exact) mass is 460 g/mol. The molecule has 1 aliphatic rings. The number of carboxylic acids is 3. The van der Waals surface area contributed by atoms with E-state index >= 15 is 0 Å². The average Bonchev–Trinajstić information content (AvgIpc) is 2.71. The van der Waals surface area contributed by atoms with Gasteiger partial charge >= 0.3 is 17.9 Å². The normalized spacial score (nSPS) is 19.4. The molecule has 32 heavy (non-hydrogen) atoms. The fourth-order valence-electron chi connectivity index (χ4n) is 3.55. The van der Waals surface area contributed by atoms with Gasteiger partial charge in [0.1, 0.15) is 0 Å². The fourth-order valence-corrected chi connectivity index (χ4v) is 3.55. The van der Waals surface area contributed by atoms with Crippen LogP contribution in [-0.4, -0.2) is 157 Å². The van der Waals surface area contributed by atoms with Crippen LogP contribution in [0.25, 0.3) is 0 Å². The Balaban J connectivity index is 3.00. The van der Waals surface area contributed by atoms with Gasteiger partial charge in [0.2, 0.25) is 5.91 Å². The number of nitrogens with one attached hydrogen (secondary N) is 2. The predicted octanol–water partition coefficient (Wildman–Crippen LogP) is -3.20. The molecule has 0 spiro atoms. The van der Waals surface area contributed by atoms with Gasteiger partial charge in [0.15, 0.2) is 0 Å². The second-order valence-corrected chi connectivity index (χ2v) is 7.77. The van der Waals surface area contributed by atoms with Gasteiger partial charge in [-0.05, 0) is 7.05 Å². The van der Waals surface area contributed by atoms with Gasteiger partial charge in [-0.2, -0.15) is 0 Å². The first kappa shape index (κ1) is 27.7. The molecule has 184 valence electrons. The molecule has 1 amide bonds. The minimum Gasteiger partial charge on any atom is -0.480 e. The summed E-state index contributed by atoms with van der Waals surface area (Å²) in [5, 5.41) is 33.3. The largest absolute Gasteiger partial charge is 0.480 e. The SMILES string of the molecule is CNC(=O)C(CN1CCN(CC(=O)O)CCN(CC(=O)O)CCN(CC(=O)O)CC1)NC. The van der Waals surface area contributed by atoms with E-state index < -0.39 is 23.9 Å². The number of hydrogen-bond donors (Lipinski definition) is 5. The van der Waals surface area contributed by atoms with Crippen LogP contribution in [0.1, 0.15) is 0 Å². The van der Waals surface area contributed by atoms with E-state index in [1.165, 1.54) is 0 Å². The molecule has 13 nitrogen and oxygen atoms in total. The smallest absolute Gasteiger partial charge is 0.317 e. The first-order chi connectivity index (χ1) is 15.1. The minimum atomic E-state index is -0.995. The highest BCUT2D eigenvalue weighted by Crippen LogP contribution is 2.02. The maximum absolute atomic E-state index is 12.1. The summed E-state index contributed by atoms with van der Waals surface area (Å²) in [6.45, 7) is 3.00. The number of aliphatic carboxylic acids is 3. The Labute approximate surface area is 187 Å². The molecule has 13 heteroatoms. The molecule has 1 atom stereocenters. The lowest BCUT2D eigenvalue weighted by Crippen LogP contribution is -2.53. The number of nitrogens with zero attached hydrogens (tertiary/aromatic N) is 4. The van der Waals surface area contributed by atoms with Crippen LogP contribution in [0.2, 0.25) is 0 Å². The van der Waals surface area contributed by atoms with Crippen molar-refractivity contribution in [1.29, 1.82) is 0 Å². The molecule has 1 rings (SSSR count). The third kappa shape index (κ3) is 11.3. The van der Waals surface area contributed by atoms with Gasteiger partial charge in [-0.15, -0.1) is 0 Å². The van der Waals surface area contributed by atoms with Crippen LogP contribution in [0.15, 0.2) is 0 Å². The Morgan fingerprint density at radius 1 is 0.656 bits per heavy atom. The Bertz CT molecular complexity index is 603. The first-order valence-electron chi connectivity index (χ1n) is 10.6. The Kier molecular flexibility index (Phi) is 12.7. The van der Waals surface area contributed by atoms with Crippen LogP contribution in [0.3, 0.4) is 0 Å². The molecule has 0 aromatic rings. The Hall–Kier alpha value is -2.32. The summed E-state index contributed by atoms with van der Waals surface area (Å²) in [6.07, 6.45) is 0. The summed E-state index contributed by atoms with van der Waals surface area (Å²) >= 11 is 0. The molecular formula is C19H36N6O7. The number of likely N-dealkylation sites (N-methyl/N-ethyl adjacent to an activating group) is 2. The van der Waals surface area contributed by atoms with Gasteiger partial charge < -0.3 is 26.0 Å². The summed E-state index contributed by atoms with van der Waals surface area (Å²) in [4.78, 5) is 53.1. The van der Waals surface area contributed by atoms with Crippen molar-refractivity contribution in [3.63, 3.8) is 0 Å². The van der Waals surface area contributed by atoms with Crippen molar-refractivity contribution >= 4 is 23.8 Å². The number of rotatable bonds is 10. The van der Waals surface area contributed by atoms with E-state index in [4.69, 9.17) is 0 Å². The molecule has 0 aliphatic carbocycles. The van der Waals surface area contributed by atoms with Crippen molar-refractivity contribution in [3.8, 4) is 0 Å². The van der Waals surface area contributed by atoms with Crippen LogP contribution in [-0.2, 0) is 19.2 Å². The van der Waals surface area contributed by atoms with Crippen molar-refractivity contribution in [1.82, 2.24) is 30.2 Å². The summed E-state index contributed by atoms with van der Waals surface area (Å²) in [5.74, 6) is -3.11. The fraction of sp³-hybridized carbons (Fsp3) is 0.789. The van der Waals surface area contributed by atoms with Crippen molar-refractivity contribution in [3.05, 3.63) is 0 Å². The van der Waals surface area contributed by atoms with Crippen molar-refractivity contribution < 1.29 is 34.5 Å². The molecule has 0 aromatic heterocycles. The molecular weight excluding hydrogens is 424 g/mol. The summed E-state index contributed by atoms with van der Waals surface area (Å²) in [7, 11) is 3.23. The van der Waals surface area contributed by atoms with E-state index in [0.717, 1.165) is 0 Å². The number of carbonyl (C=O) groups excluding carboxylic acids is 1. The quantitative estimate of drug-likeness (QED) is 0.222. The van der Waals surface area contributed by atoms with Crippen LogP contribution in [0.5, 0.6) is 0 Å². The van der Waals surface area contributed by atoms with Crippen LogP contribution in [0, 0.1) is 0 Å². The highest BCUT2D eigenvalue weighted by molar-refractivity contribution is 5.81. The zero-order valence-corrected chi connectivity index (χ0v) is 18.8. The molecule has 1 unspecified atom stereocenters. The Morgan fingerprint density at radius 3 is 1.22 bits per heavy atom. The average molecular weight is 461 g/mol. The van der Waals surface area contributed by atoms with Crippen LogP contribution >= 0.6 is 0 Å². The van der Waals surface area contributed by atoms with E-state index in [9.17, 15) is 34.5 Å². The summed E-state index contributed by atoms with van der Waals surface area (Å²) < 4.78 is 0. The molecule has 1 aliphatic heterocycles. The lowest BCUT2D eigenvalue weighted by Gasteiger charge is -2.34. The van der Waals surface area contributed by atoms with Gasteiger partial charge in [0.05, 0.1) is 25.7 Å². The molecule has 5 N–H and O–H groups in total. The van der Waals surface area contributed by atoms with Gasteiger partial charge in [0.25, 0.3) is 0 Å². The van der Waals surface area contributed by atoms with Crippen molar-refractivity contribution in [2.24, 2.45) is 0 Å². The van der Waals surface area contributed by atoms with E-state index in [0.29, 0.717) is 58.9 Å². The van der Waals surface area contributed by atoms with Crippen molar-refractivity contribution in [2.75, 3.05) is 92.6 Å². The van der Waals surface area contributed by atoms with E-state index in [-0.39, 0.29) is 25.5 Å². The van der Waals surface area contributed by atoms with Crippen molar-refractivity contribution in [2.45, 2.75) is 6.04 Å². The van der Waals surface area contributed by atoms with Crippen LogP contribution < -0.4 is 10.6 Å². The number of carbonyl (C=O) groups is 4. The molecule has 1 fully saturated rings. The zero-order chi connectivity index (χ0) is 24.1. The molecule has 0 radical (unpaired) electrons. The molecule has 1 heterocycles. The summed E-state index contributed by atoms with van der Waals surface area (Å²) in [6, 6.07) is -0.472. The Morgan fingerprint density at radius 2 is 0.969 bits per heavy atom. The standard InChI is InChI=1S/C19H36N6O7/c1-20-15(19(32)21-2)11-22-3-5-23(12-16(26)27)7-9-25(14-18(30)31)10-8-24(6-4-22)13-17(28)29/h15,20H,3-14H2,1-2H3,(H,21,32)(H,26,27)(H,28,29)(H,30,31). The highest BCUT2D eigenvalue weighted by atomic mass is 16.4. The third-order valence-electron chi connectivity index (χ3n) is 5.36. The molecule has 0 saturated carbocycles. The lowest BCUT2D eigenvalue weighted by atomic mass is 10.2. The van der Waals surface area contributed by atoms with Crippen LogP contribution in [0.4, 0.5) is 0 Å². The van der Waals surface area contributed by atoms with Gasteiger partial charge in [-0.25, -0.2) is 0 Å². The van der Waals surface area contributed by atoms with E-state index in [2.05, 4.69) is 10.6 Å². The first-order valence-corrected chi connectivity index (χ1v) is 10.6. The maximum Gasteiger partial charge on any atom is 0.317 e. The highest BCUT2D eigenvalue weighted by Gasteiger charge is 2.23. The lowest BCUT2D eigenvalue weighted by molar-refractivity contribution is -0.140. The second kappa shape index (κ2) is 14.7. The zero-order valence-electron chi connectivity index (χ0n) is 18.8. The van der Waals surface area contributed by atoms with Gasteiger partial charge in [-0.1, -0.05) is 0 Å². The molecule has 1 saturated heterocycles. The van der Waals surface area contributed by atoms with E-state index in [1.807, 2.05) is 4.90 Å². The third-order valence-corrected chi connectivity index (χ3v) is 5.36. The number of carboxylic acid groups (broad SMARTS) is 3. The minimum absolute atomic E-state index is 0.173. The topological polar surface area (TPSA) is 166 Å². The van der Waals surface area contributed by atoms with E-state index in [1.54, 1.807) is 28.8 Å². The van der Waals surface area contributed by atoms with Gasteiger partial charge in [0, 0.05) is 66.0 Å². The summed E-state index contributed by atoms with van der Waals surface area (Å²) in [5.41, 5.74) is 0. The molecule has 0 aromatic carbocycles. The van der Waals surface area contributed by atoms with Gasteiger partial charge in [-0.3, -0.25) is 38.8 Å². The number of hydrogen-bond acceptors (Lipinski definition) is 9. The second-order valence-electron chi connectivity index (χ2n) is 7.77. The number of amides is 1. The molecule has 0 bridgehead atoms. The maximum atomic E-state index is 12.1. The predicted molar refractivity (Wildman–Crippen MR) is 116 cm³/mol.